The van der Waals surface area contributed by atoms with Gasteiger partial charge in [-0.2, -0.15) is 0 Å². The van der Waals surface area contributed by atoms with E-state index in [9.17, 15) is 0 Å². The Balaban J connectivity index is 1.00. The van der Waals surface area contributed by atoms with E-state index in [-0.39, 0.29) is 21.7 Å². The van der Waals surface area contributed by atoms with Crippen molar-refractivity contribution in [1.29, 1.82) is 0 Å². The number of rotatable bonds is 6. The van der Waals surface area contributed by atoms with E-state index in [0.717, 1.165) is 99.5 Å². The molecule has 4 heteroatoms. The summed E-state index contributed by atoms with van der Waals surface area (Å²) in [5, 5.41) is 8.59. The van der Waals surface area contributed by atoms with Crippen LogP contribution in [0.5, 0.6) is 0 Å². The van der Waals surface area contributed by atoms with Crippen molar-refractivity contribution in [3.63, 3.8) is 0 Å². The van der Waals surface area contributed by atoms with Gasteiger partial charge in [-0.05, 0) is 164 Å². The lowest BCUT2D eigenvalue weighted by atomic mass is 9.86. The zero-order valence-electron chi connectivity index (χ0n) is 42.9. The van der Waals surface area contributed by atoms with Gasteiger partial charge in [-0.1, -0.05) is 144 Å². The minimum atomic E-state index is 0.0627. The summed E-state index contributed by atoms with van der Waals surface area (Å²) in [5.74, 6) is 0. The normalized spacial score (nSPS) is 12.9. The Hall–Kier alpha value is -7.30. The van der Waals surface area contributed by atoms with Gasteiger partial charge in [0.2, 0.25) is 0 Å². The highest BCUT2D eigenvalue weighted by Crippen LogP contribution is 2.46. The monoisotopic (exact) mass is 916 g/mol. The van der Waals surface area contributed by atoms with E-state index in [4.69, 9.17) is 8.83 Å². The standard InChI is InChI=1S/C66H64N2O2/c1-63(2,3)43-15-23-47(24-16-43)67(48-25-17-44(18-26-48)64(4,5)6)51-31-35-53-41(39-51)13-33-55-57-37-38-58-56-34-14-42-40-52(32-36-54(42)60(56)70-62(58)61(57)69-59(53)55)68(49-27-19-45(20-28-49)65(7,8)9)50-29-21-46(22-30-50)66(10,11)12/h13-40H,1-12H3. The summed E-state index contributed by atoms with van der Waals surface area (Å²) in [6, 6.07) is 62.8. The largest absolute Gasteiger partial charge is 0.451 e. The van der Waals surface area contributed by atoms with Gasteiger partial charge < -0.3 is 18.6 Å². The zero-order chi connectivity index (χ0) is 49.1. The fourth-order valence-corrected chi connectivity index (χ4v) is 10.2. The van der Waals surface area contributed by atoms with E-state index in [1.165, 1.54) is 22.3 Å². The number of furan rings is 2. The highest BCUT2D eigenvalue weighted by Gasteiger charge is 2.24. The molecule has 0 aliphatic rings. The van der Waals surface area contributed by atoms with Crippen LogP contribution in [0.1, 0.15) is 105 Å². The molecule has 0 saturated carbocycles. The number of nitrogens with zero attached hydrogens (tertiary/aromatic N) is 2. The molecule has 9 aromatic carbocycles. The van der Waals surface area contributed by atoms with Gasteiger partial charge in [0.15, 0.2) is 11.2 Å². The topological polar surface area (TPSA) is 32.8 Å². The van der Waals surface area contributed by atoms with Crippen molar-refractivity contribution in [1.82, 2.24) is 0 Å². The number of benzene rings is 9. The second-order valence-corrected chi connectivity index (χ2v) is 23.6. The molecule has 0 aliphatic carbocycles. The highest BCUT2D eigenvalue weighted by atomic mass is 16.4. The molecule has 0 atom stereocenters. The summed E-state index contributed by atoms with van der Waals surface area (Å²) in [6.45, 7) is 27.2. The maximum absolute atomic E-state index is 6.97. The summed E-state index contributed by atoms with van der Waals surface area (Å²) < 4.78 is 13.9. The first kappa shape index (κ1) is 45.2. The molecule has 0 spiro atoms. The predicted octanol–water partition coefficient (Wildman–Crippen LogP) is 19.9. The molecule has 4 nitrogen and oxygen atoms in total. The molecule has 2 heterocycles. The first-order valence-electron chi connectivity index (χ1n) is 24.9. The molecule has 0 unspecified atom stereocenters. The summed E-state index contributed by atoms with van der Waals surface area (Å²) in [7, 11) is 0. The molecule has 350 valence electrons. The minimum absolute atomic E-state index is 0.0627. The van der Waals surface area contributed by atoms with Crippen LogP contribution >= 0.6 is 0 Å². The van der Waals surface area contributed by atoms with Crippen molar-refractivity contribution >= 4 is 99.5 Å². The van der Waals surface area contributed by atoms with E-state index in [2.05, 4.69) is 263 Å². The number of hydrogen-bond acceptors (Lipinski definition) is 4. The van der Waals surface area contributed by atoms with E-state index in [1.54, 1.807) is 0 Å². The predicted molar refractivity (Wildman–Crippen MR) is 300 cm³/mol. The maximum Gasteiger partial charge on any atom is 0.178 e. The first-order chi connectivity index (χ1) is 33.2. The summed E-state index contributed by atoms with van der Waals surface area (Å²) in [5.41, 5.74) is 15.4. The Kier molecular flexibility index (Phi) is 10.4. The van der Waals surface area contributed by atoms with E-state index in [0.29, 0.717) is 0 Å². The quantitative estimate of drug-likeness (QED) is 0.166. The smallest absolute Gasteiger partial charge is 0.178 e. The number of fused-ring (bicyclic) bond motifs is 11. The van der Waals surface area contributed by atoms with Gasteiger partial charge in [0, 0.05) is 66.4 Å². The van der Waals surface area contributed by atoms with Crippen LogP contribution < -0.4 is 9.80 Å². The first-order valence-corrected chi connectivity index (χ1v) is 24.9. The molecule has 2 aromatic heterocycles. The molecule has 0 amide bonds. The van der Waals surface area contributed by atoms with Crippen molar-refractivity contribution < 1.29 is 8.83 Å². The van der Waals surface area contributed by atoms with Crippen LogP contribution in [0.3, 0.4) is 0 Å². The van der Waals surface area contributed by atoms with Gasteiger partial charge in [-0.15, -0.1) is 0 Å². The minimum Gasteiger partial charge on any atom is -0.451 e. The molecule has 0 fully saturated rings. The molecule has 0 saturated heterocycles. The van der Waals surface area contributed by atoms with Crippen LogP contribution in [0.15, 0.2) is 179 Å². The second kappa shape index (κ2) is 16.1. The molecule has 0 aliphatic heterocycles. The Labute approximate surface area is 413 Å². The lowest BCUT2D eigenvalue weighted by molar-refractivity contribution is 0.590. The van der Waals surface area contributed by atoms with Crippen molar-refractivity contribution in [2.45, 2.75) is 105 Å². The molecule has 11 rings (SSSR count). The highest BCUT2D eigenvalue weighted by molar-refractivity contribution is 6.24. The fourth-order valence-electron chi connectivity index (χ4n) is 10.2. The van der Waals surface area contributed by atoms with Gasteiger partial charge in [0.05, 0.1) is 0 Å². The molecular formula is C66H64N2O2. The average molecular weight is 917 g/mol. The van der Waals surface area contributed by atoms with Crippen LogP contribution in [0.25, 0.3) is 65.4 Å². The molecular weight excluding hydrogens is 853 g/mol. The van der Waals surface area contributed by atoms with Crippen LogP contribution in [0.2, 0.25) is 0 Å². The Bertz CT molecular complexity index is 3400. The van der Waals surface area contributed by atoms with Crippen LogP contribution in [-0.2, 0) is 21.7 Å². The van der Waals surface area contributed by atoms with Crippen LogP contribution in [0, 0.1) is 0 Å². The summed E-state index contributed by atoms with van der Waals surface area (Å²) in [4.78, 5) is 4.72. The van der Waals surface area contributed by atoms with E-state index >= 15 is 0 Å². The third-order valence-electron chi connectivity index (χ3n) is 14.5. The van der Waals surface area contributed by atoms with Gasteiger partial charge in [-0.3, -0.25) is 0 Å². The van der Waals surface area contributed by atoms with Gasteiger partial charge in [-0.25, -0.2) is 0 Å². The summed E-state index contributed by atoms with van der Waals surface area (Å²) >= 11 is 0. The second-order valence-electron chi connectivity index (χ2n) is 23.6. The molecule has 70 heavy (non-hydrogen) atoms. The molecule has 0 bridgehead atoms. The van der Waals surface area contributed by atoms with Crippen molar-refractivity contribution in [3.8, 4) is 0 Å². The molecule has 11 aromatic rings. The van der Waals surface area contributed by atoms with Crippen LogP contribution in [0.4, 0.5) is 34.1 Å². The van der Waals surface area contributed by atoms with E-state index in [1.807, 2.05) is 0 Å². The lowest BCUT2D eigenvalue weighted by Gasteiger charge is -2.28. The molecule has 0 N–H and O–H groups in total. The third-order valence-corrected chi connectivity index (χ3v) is 14.5. The molecule has 0 radical (unpaired) electrons. The van der Waals surface area contributed by atoms with Crippen molar-refractivity contribution in [2.24, 2.45) is 0 Å². The van der Waals surface area contributed by atoms with Crippen molar-refractivity contribution in [3.05, 3.63) is 192 Å². The van der Waals surface area contributed by atoms with E-state index < -0.39 is 0 Å². The zero-order valence-corrected chi connectivity index (χ0v) is 42.9. The number of anilines is 6. The van der Waals surface area contributed by atoms with Gasteiger partial charge >= 0.3 is 0 Å². The third kappa shape index (κ3) is 7.88. The SMILES string of the molecule is CC(C)(C)c1ccc(N(c2ccc(C(C)(C)C)cc2)c2ccc3c(ccc4c5ccc6c7ccc8cc(N(c9ccc(C(C)(C)C)cc9)c9ccc(C(C)(C)C)cc9)ccc8c7oc6c5oc34)c2)cc1. The fraction of sp³-hybridized carbons (Fsp3) is 0.242. The maximum atomic E-state index is 6.97. The summed E-state index contributed by atoms with van der Waals surface area (Å²) in [6.07, 6.45) is 0. The van der Waals surface area contributed by atoms with Gasteiger partial charge in [0.1, 0.15) is 11.2 Å². The average Bonchev–Trinajstić information content (AvgIpc) is 3.91. The van der Waals surface area contributed by atoms with Crippen molar-refractivity contribution in [2.75, 3.05) is 9.80 Å². The van der Waals surface area contributed by atoms with Gasteiger partial charge in [0.25, 0.3) is 0 Å². The number of hydrogen-bond donors (Lipinski definition) is 0. The Morgan fingerprint density at radius 1 is 0.243 bits per heavy atom. The Morgan fingerprint density at radius 2 is 0.471 bits per heavy atom. The Morgan fingerprint density at radius 3 is 0.743 bits per heavy atom. The lowest BCUT2D eigenvalue weighted by Crippen LogP contribution is -2.14. The van der Waals surface area contributed by atoms with Crippen LogP contribution in [-0.4, -0.2) is 0 Å².